The molecule has 0 aromatic heterocycles. The van der Waals surface area contributed by atoms with Gasteiger partial charge in [0.15, 0.2) is 6.61 Å². The van der Waals surface area contributed by atoms with Crippen LogP contribution in [0, 0.1) is 0 Å². The van der Waals surface area contributed by atoms with E-state index in [9.17, 15) is 9.59 Å². The summed E-state index contributed by atoms with van der Waals surface area (Å²) >= 11 is 0. The molecule has 1 rings (SSSR count). The molecule has 0 aliphatic rings. The van der Waals surface area contributed by atoms with Gasteiger partial charge in [0.2, 0.25) is 0 Å². The molecule has 0 radical (unpaired) electrons. The molecule has 5 nitrogen and oxygen atoms in total. The summed E-state index contributed by atoms with van der Waals surface area (Å²) in [4.78, 5) is 21.2. The van der Waals surface area contributed by atoms with Crippen LogP contribution in [0.3, 0.4) is 0 Å². The summed E-state index contributed by atoms with van der Waals surface area (Å²) in [6, 6.07) is 6.51. The Bertz CT molecular complexity index is 399. The van der Waals surface area contributed by atoms with Crippen molar-refractivity contribution >= 4 is 11.9 Å². The normalized spacial score (nSPS) is 11.8. The molecule has 86 valence electrons. The topological polar surface area (TPSA) is 83.8 Å². The van der Waals surface area contributed by atoms with Gasteiger partial charge < -0.3 is 14.9 Å². The second-order valence-corrected chi connectivity index (χ2v) is 3.28. The molecule has 16 heavy (non-hydrogen) atoms. The Morgan fingerprint density at radius 2 is 1.94 bits per heavy atom. The van der Waals surface area contributed by atoms with Crippen LogP contribution >= 0.6 is 0 Å². The first kappa shape index (κ1) is 12.0. The number of ether oxygens (including phenoxy) is 1. The predicted octanol–water partition coefficient (Wildman–Crippen LogP) is 1.34. The smallest absolute Gasteiger partial charge is 0.341 e. The number of hydrogen-bond donors (Lipinski definition) is 2. The molecule has 0 aliphatic heterocycles. The quantitative estimate of drug-likeness (QED) is 0.788. The average Bonchev–Trinajstić information content (AvgIpc) is 2.25. The van der Waals surface area contributed by atoms with Gasteiger partial charge in [-0.05, 0) is 13.0 Å². The Hall–Kier alpha value is -2.04. The highest BCUT2D eigenvalue weighted by molar-refractivity contribution is 5.76. The number of carboxylic acid groups (broad SMARTS) is 2. The lowest BCUT2D eigenvalue weighted by atomic mass is 10.0. The molecule has 1 atom stereocenters. The summed E-state index contributed by atoms with van der Waals surface area (Å²) in [5.74, 6) is -2.52. The summed E-state index contributed by atoms with van der Waals surface area (Å²) in [7, 11) is 0. The highest BCUT2D eigenvalue weighted by atomic mass is 16.5. The molecule has 1 unspecified atom stereocenters. The first-order valence-corrected chi connectivity index (χ1v) is 4.68. The van der Waals surface area contributed by atoms with Gasteiger partial charge in [-0.1, -0.05) is 18.2 Å². The van der Waals surface area contributed by atoms with E-state index in [-0.39, 0.29) is 0 Å². The number of carbonyl (C=O) groups is 2. The van der Waals surface area contributed by atoms with Crippen LogP contribution in [0.4, 0.5) is 0 Å². The van der Waals surface area contributed by atoms with Crippen LogP contribution in [0.5, 0.6) is 5.75 Å². The molecule has 2 N–H and O–H groups in total. The van der Waals surface area contributed by atoms with Crippen LogP contribution < -0.4 is 4.74 Å². The zero-order valence-electron chi connectivity index (χ0n) is 8.71. The molecule has 5 heteroatoms. The van der Waals surface area contributed by atoms with Crippen molar-refractivity contribution < 1.29 is 24.5 Å². The van der Waals surface area contributed by atoms with Crippen molar-refractivity contribution in [1.29, 1.82) is 0 Å². The van der Waals surface area contributed by atoms with E-state index in [1.165, 1.54) is 6.92 Å². The van der Waals surface area contributed by atoms with Crippen molar-refractivity contribution in [3.8, 4) is 5.75 Å². The maximum absolute atomic E-state index is 10.8. The van der Waals surface area contributed by atoms with Gasteiger partial charge in [0, 0.05) is 5.56 Å². The number of benzene rings is 1. The average molecular weight is 224 g/mol. The Morgan fingerprint density at radius 3 is 2.50 bits per heavy atom. The maximum atomic E-state index is 10.8. The second-order valence-electron chi connectivity index (χ2n) is 3.28. The minimum absolute atomic E-state index is 0.291. The van der Waals surface area contributed by atoms with E-state index in [4.69, 9.17) is 14.9 Å². The Labute approximate surface area is 92.3 Å². The van der Waals surface area contributed by atoms with Gasteiger partial charge >= 0.3 is 11.9 Å². The SMILES string of the molecule is CC(C(=O)O)c1ccccc1OCC(=O)O. The lowest BCUT2D eigenvalue weighted by Crippen LogP contribution is -2.13. The van der Waals surface area contributed by atoms with Gasteiger partial charge in [0.1, 0.15) is 5.75 Å². The number of hydrogen-bond acceptors (Lipinski definition) is 3. The van der Waals surface area contributed by atoms with E-state index in [1.807, 2.05) is 0 Å². The third-order valence-electron chi connectivity index (χ3n) is 2.11. The fourth-order valence-corrected chi connectivity index (χ4v) is 1.24. The third kappa shape index (κ3) is 2.98. The summed E-state index contributed by atoms with van der Waals surface area (Å²) in [5.41, 5.74) is 0.469. The number of rotatable bonds is 5. The lowest BCUT2D eigenvalue weighted by molar-refractivity contribution is -0.139. The largest absolute Gasteiger partial charge is 0.482 e. The van der Waals surface area contributed by atoms with Crippen LogP contribution in [0.25, 0.3) is 0 Å². The Kier molecular flexibility index (Phi) is 3.88. The second kappa shape index (κ2) is 5.16. The number of carboxylic acids is 2. The molecule has 0 aliphatic carbocycles. The van der Waals surface area contributed by atoms with Crippen molar-refractivity contribution in [3.05, 3.63) is 29.8 Å². The summed E-state index contributed by atoms with van der Waals surface area (Å²) in [6.07, 6.45) is 0. The van der Waals surface area contributed by atoms with Crippen LogP contribution in [-0.2, 0) is 9.59 Å². The van der Waals surface area contributed by atoms with Crippen molar-refractivity contribution in [1.82, 2.24) is 0 Å². The van der Waals surface area contributed by atoms with Crippen molar-refractivity contribution in [2.45, 2.75) is 12.8 Å². The molecule has 1 aromatic carbocycles. The van der Waals surface area contributed by atoms with Crippen LogP contribution in [0.15, 0.2) is 24.3 Å². The van der Waals surface area contributed by atoms with E-state index in [2.05, 4.69) is 0 Å². The van der Waals surface area contributed by atoms with Gasteiger partial charge in [-0.15, -0.1) is 0 Å². The molecule has 0 fully saturated rings. The van der Waals surface area contributed by atoms with Crippen molar-refractivity contribution in [2.75, 3.05) is 6.61 Å². The van der Waals surface area contributed by atoms with Crippen LogP contribution in [0.2, 0.25) is 0 Å². The molecular formula is C11H12O5. The fourth-order valence-electron chi connectivity index (χ4n) is 1.24. The van der Waals surface area contributed by atoms with Crippen molar-refractivity contribution in [3.63, 3.8) is 0 Å². The van der Waals surface area contributed by atoms with E-state index < -0.39 is 24.5 Å². The Balaban J connectivity index is 2.91. The summed E-state index contributed by atoms with van der Waals surface area (Å²) in [6.45, 7) is 1.04. The number of aliphatic carboxylic acids is 2. The van der Waals surface area contributed by atoms with Crippen molar-refractivity contribution in [2.24, 2.45) is 0 Å². The van der Waals surface area contributed by atoms with E-state index in [0.29, 0.717) is 11.3 Å². The monoisotopic (exact) mass is 224 g/mol. The molecule has 0 saturated carbocycles. The molecule has 0 saturated heterocycles. The molecule has 0 bridgehead atoms. The summed E-state index contributed by atoms with van der Waals surface area (Å²) < 4.78 is 5.01. The zero-order valence-corrected chi connectivity index (χ0v) is 8.71. The van der Waals surface area contributed by atoms with Gasteiger partial charge in [0.05, 0.1) is 5.92 Å². The first-order valence-electron chi connectivity index (χ1n) is 4.68. The van der Waals surface area contributed by atoms with Gasteiger partial charge in [-0.2, -0.15) is 0 Å². The molecular weight excluding hydrogens is 212 g/mol. The van der Waals surface area contributed by atoms with E-state index in [1.54, 1.807) is 24.3 Å². The minimum Gasteiger partial charge on any atom is -0.482 e. The van der Waals surface area contributed by atoms with Gasteiger partial charge in [-0.25, -0.2) is 4.79 Å². The first-order chi connectivity index (χ1) is 7.52. The molecule has 1 aromatic rings. The zero-order chi connectivity index (χ0) is 12.1. The van der Waals surface area contributed by atoms with Crippen LogP contribution in [-0.4, -0.2) is 28.8 Å². The summed E-state index contributed by atoms with van der Waals surface area (Å²) in [5, 5.41) is 17.3. The Morgan fingerprint density at radius 1 is 1.31 bits per heavy atom. The third-order valence-corrected chi connectivity index (χ3v) is 2.11. The molecule has 0 spiro atoms. The highest BCUT2D eigenvalue weighted by Gasteiger charge is 2.18. The maximum Gasteiger partial charge on any atom is 0.341 e. The fraction of sp³-hybridized carbons (Fsp3) is 0.273. The molecule has 0 heterocycles. The van der Waals surface area contributed by atoms with Crippen LogP contribution in [0.1, 0.15) is 18.4 Å². The number of para-hydroxylation sites is 1. The standard InChI is InChI=1S/C11H12O5/c1-7(11(14)15)8-4-2-3-5-9(8)16-6-10(12)13/h2-5,7H,6H2,1H3,(H,12,13)(H,14,15). The van der Waals surface area contributed by atoms with E-state index >= 15 is 0 Å². The van der Waals surface area contributed by atoms with Gasteiger partial charge in [0.25, 0.3) is 0 Å². The van der Waals surface area contributed by atoms with E-state index in [0.717, 1.165) is 0 Å². The lowest BCUT2D eigenvalue weighted by Gasteiger charge is -2.12. The molecule has 0 amide bonds. The van der Waals surface area contributed by atoms with Gasteiger partial charge in [-0.3, -0.25) is 4.79 Å². The highest BCUT2D eigenvalue weighted by Crippen LogP contribution is 2.26. The minimum atomic E-state index is -1.10. The predicted molar refractivity (Wildman–Crippen MR) is 55.6 cm³/mol.